The van der Waals surface area contributed by atoms with E-state index in [1.807, 2.05) is 54.9 Å². The largest absolute Gasteiger partial charge is 0.345 e. The molecule has 29 heavy (non-hydrogen) atoms. The van der Waals surface area contributed by atoms with Crippen LogP contribution in [0.25, 0.3) is 5.69 Å². The molecule has 2 heterocycles. The Hall–Kier alpha value is -3.06. The number of thioether (sulfide) groups is 1. The van der Waals surface area contributed by atoms with Gasteiger partial charge in [0, 0.05) is 33.9 Å². The van der Waals surface area contributed by atoms with E-state index in [-0.39, 0.29) is 17.9 Å². The number of carbonyl (C=O) groups excluding carboxylic acids is 2. The van der Waals surface area contributed by atoms with Crippen molar-refractivity contribution < 1.29 is 9.59 Å². The predicted octanol–water partition coefficient (Wildman–Crippen LogP) is 4.11. The summed E-state index contributed by atoms with van der Waals surface area (Å²) in [5, 5.41) is 10.4. The van der Waals surface area contributed by atoms with Gasteiger partial charge in [-0.2, -0.15) is 5.10 Å². The third-order valence-electron chi connectivity index (χ3n) is 4.97. The second-order valence-electron chi connectivity index (χ2n) is 6.99. The Morgan fingerprint density at radius 3 is 2.83 bits per heavy atom. The van der Waals surface area contributed by atoms with E-state index in [4.69, 9.17) is 0 Å². The lowest BCUT2D eigenvalue weighted by Gasteiger charge is -2.15. The van der Waals surface area contributed by atoms with Crippen LogP contribution in [0.2, 0.25) is 0 Å². The lowest BCUT2D eigenvalue weighted by atomic mass is 10.1. The first-order chi connectivity index (χ1) is 14.0. The number of carbonyl (C=O) groups is 2. The van der Waals surface area contributed by atoms with Crippen LogP contribution >= 0.6 is 11.8 Å². The van der Waals surface area contributed by atoms with Gasteiger partial charge in [0.1, 0.15) is 0 Å². The number of hydrogen-bond donors (Lipinski definition) is 2. The highest BCUT2D eigenvalue weighted by molar-refractivity contribution is 7.99. The zero-order valence-corrected chi connectivity index (χ0v) is 17.1. The highest BCUT2D eigenvalue weighted by atomic mass is 32.2. The van der Waals surface area contributed by atoms with E-state index < -0.39 is 0 Å². The fraction of sp³-hybridized carbons (Fsp3) is 0.227. The molecule has 0 spiro atoms. The molecule has 7 heteroatoms. The summed E-state index contributed by atoms with van der Waals surface area (Å²) < 4.78 is 1.87. The average Bonchev–Trinajstić information content (AvgIpc) is 3.00. The Labute approximate surface area is 173 Å². The third kappa shape index (κ3) is 4.05. The van der Waals surface area contributed by atoms with Gasteiger partial charge in [0.05, 0.1) is 23.6 Å². The number of amides is 2. The van der Waals surface area contributed by atoms with Crippen molar-refractivity contribution in [2.75, 3.05) is 11.1 Å². The van der Waals surface area contributed by atoms with Gasteiger partial charge in [-0.1, -0.05) is 18.2 Å². The number of rotatable bonds is 4. The molecule has 1 unspecified atom stereocenters. The van der Waals surface area contributed by atoms with Gasteiger partial charge in [-0.05, 0) is 44.2 Å². The van der Waals surface area contributed by atoms with Crippen LogP contribution in [0.4, 0.5) is 5.69 Å². The van der Waals surface area contributed by atoms with Crippen molar-refractivity contribution >= 4 is 29.3 Å². The van der Waals surface area contributed by atoms with Crippen molar-refractivity contribution in [3.63, 3.8) is 0 Å². The normalized spacial score (nSPS) is 14.5. The SMILES string of the molecule is Cc1c(C(C)NC(=O)c2ccc3c(c2)NC(=O)CCS3)cnn1-c1ccccc1. The molecule has 2 N–H and O–H groups in total. The Bertz CT molecular complexity index is 1060. The number of anilines is 1. The number of nitrogens with zero attached hydrogens (tertiary/aromatic N) is 2. The molecule has 0 radical (unpaired) electrons. The van der Waals surface area contributed by atoms with Crippen molar-refractivity contribution in [2.24, 2.45) is 0 Å². The first-order valence-corrected chi connectivity index (χ1v) is 10.5. The molecule has 2 aromatic carbocycles. The fourth-order valence-corrected chi connectivity index (χ4v) is 4.33. The van der Waals surface area contributed by atoms with Crippen LogP contribution in [0.5, 0.6) is 0 Å². The third-order valence-corrected chi connectivity index (χ3v) is 6.04. The second-order valence-corrected chi connectivity index (χ2v) is 8.12. The Kier molecular flexibility index (Phi) is 5.40. The summed E-state index contributed by atoms with van der Waals surface area (Å²) >= 11 is 1.62. The van der Waals surface area contributed by atoms with Gasteiger partial charge >= 0.3 is 0 Å². The summed E-state index contributed by atoms with van der Waals surface area (Å²) in [5.41, 5.74) is 4.14. The van der Waals surface area contributed by atoms with E-state index in [1.54, 1.807) is 30.1 Å². The molecule has 0 aliphatic carbocycles. The van der Waals surface area contributed by atoms with Crippen LogP contribution < -0.4 is 10.6 Å². The molecule has 4 rings (SSSR count). The topological polar surface area (TPSA) is 76.0 Å². The molecule has 1 atom stereocenters. The highest BCUT2D eigenvalue weighted by Crippen LogP contribution is 2.31. The first kappa shape index (κ1) is 19.3. The molecule has 148 valence electrons. The van der Waals surface area contributed by atoms with Gasteiger partial charge in [0.25, 0.3) is 5.91 Å². The monoisotopic (exact) mass is 406 g/mol. The summed E-state index contributed by atoms with van der Waals surface area (Å²) in [6.07, 6.45) is 2.27. The van der Waals surface area contributed by atoms with Crippen molar-refractivity contribution in [1.29, 1.82) is 0 Å². The molecule has 1 aliphatic heterocycles. The van der Waals surface area contributed by atoms with Gasteiger partial charge in [-0.3, -0.25) is 9.59 Å². The number of hydrogen-bond acceptors (Lipinski definition) is 4. The Morgan fingerprint density at radius 1 is 1.24 bits per heavy atom. The molecular weight excluding hydrogens is 384 g/mol. The summed E-state index contributed by atoms with van der Waals surface area (Å²) in [6.45, 7) is 3.94. The first-order valence-electron chi connectivity index (χ1n) is 9.50. The minimum absolute atomic E-state index is 0.0221. The highest BCUT2D eigenvalue weighted by Gasteiger charge is 2.19. The van der Waals surface area contributed by atoms with Gasteiger partial charge < -0.3 is 10.6 Å². The molecule has 2 amide bonds. The number of benzene rings is 2. The zero-order valence-electron chi connectivity index (χ0n) is 16.3. The smallest absolute Gasteiger partial charge is 0.251 e. The van der Waals surface area contributed by atoms with Crippen LogP contribution in [-0.2, 0) is 4.79 Å². The predicted molar refractivity (Wildman–Crippen MR) is 115 cm³/mol. The minimum atomic E-state index is -0.206. The molecule has 1 aromatic heterocycles. The number of fused-ring (bicyclic) bond motifs is 1. The van der Waals surface area contributed by atoms with E-state index in [1.165, 1.54) is 0 Å². The van der Waals surface area contributed by atoms with E-state index in [2.05, 4.69) is 15.7 Å². The van der Waals surface area contributed by atoms with Gasteiger partial charge in [-0.15, -0.1) is 11.8 Å². The van der Waals surface area contributed by atoms with Crippen LogP contribution in [-0.4, -0.2) is 27.3 Å². The molecule has 0 saturated carbocycles. The summed E-state index contributed by atoms with van der Waals surface area (Å²) in [4.78, 5) is 25.6. The van der Waals surface area contributed by atoms with Crippen molar-refractivity contribution in [3.05, 3.63) is 71.5 Å². The lowest BCUT2D eigenvalue weighted by molar-refractivity contribution is -0.115. The lowest BCUT2D eigenvalue weighted by Crippen LogP contribution is -2.27. The van der Waals surface area contributed by atoms with Gasteiger partial charge in [0.15, 0.2) is 0 Å². The van der Waals surface area contributed by atoms with Crippen LogP contribution in [0.15, 0.2) is 59.6 Å². The zero-order chi connectivity index (χ0) is 20.4. The maximum absolute atomic E-state index is 12.8. The quantitative estimate of drug-likeness (QED) is 0.684. The van der Waals surface area contributed by atoms with E-state index >= 15 is 0 Å². The Balaban J connectivity index is 1.52. The number of nitrogens with one attached hydrogen (secondary N) is 2. The standard InChI is InChI=1S/C22H22N4O2S/c1-14(18-13-23-26(15(18)2)17-6-4-3-5-7-17)24-22(28)16-8-9-20-19(12-16)25-21(27)10-11-29-20/h3-9,12-14H,10-11H2,1-2H3,(H,24,28)(H,25,27). The van der Waals surface area contributed by atoms with Gasteiger partial charge in [0.2, 0.25) is 5.91 Å². The number of para-hydroxylation sites is 1. The van der Waals surface area contributed by atoms with Crippen molar-refractivity contribution in [2.45, 2.75) is 31.2 Å². The second kappa shape index (κ2) is 8.13. The molecule has 3 aromatic rings. The minimum Gasteiger partial charge on any atom is -0.345 e. The Morgan fingerprint density at radius 2 is 2.03 bits per heavy atom. The summed E-state index contributed by atoms with van der Waals surface area (Å²) in [7, 11) is 0. The van der Waals surface area contributed by atoms with Crippen LogP contribution in [0.3, 0.4) is 0 Å². The molecular formula is C22H22N4O2S. The van der Waals surface area contributed by atoms with Crippen LogP contribution in [0, 0.1) is 6.92 Å². The van der Waals surface area contributed by atoms with E-state index in [9.17, 15) is 9.59 Å². The average molecular weight is 407 g/mol. The van der Waals surface area contributed by atoms with Crippen molar-refractivity contribution in [1.82, 2.24) is 15.1 Å². The van der Waals surface area contributed by atoms with E-state index in [0.717, 1.165) is 27.6 Å². The molecule has 6 nitrogen and oxygen atoms in total. The number of aromatic nitrogens is 2. The van der Waals surface area contributed by atoms with Crippen LogP contribution in [0.1, 0.15) is 41.0 Å². The van der Waals surface area contributed by atoms with Gasteiger partial charge in [-0.25, -0.2) is 4.68 Å². The summed E-state index contributed by atoms with van der Waals surface area (Å²) in [5.74, 6) is 0.535. The maximum Gasteiger partial charge on any atom is 0.251 e. The van der Waals surface area contributed by atoms with Crippen molar-refractivity contribution in [3.8, 4) is 5.69 Å². The fourth-order valence-electron chi connectivity index (χ4n) is 3.40. The molecule has 1 aliphatic rings. The molecule has 0 bridgehead atoms. The summed E-state index contributed by atoms with van der Waals surface area (Å²) in [6, 6.07) is 15.1. The maximum atomic E-state index is 12.8. The van der Waals surface area contributed by atoms with E-state index in [0.29, 0.717) is 17.7 Å². The molecule has 0 saturated heterocycles. The molecule has 0 fully saturated rings.